The van der Waals surface area contributed by atoms with Gasteiger partial charge in [0.25, 0.3) is 0 Å². The van der Waals surface area contributed by atoms with Crippen LogP contribution >= 0.6 is 12.4 Å². The first-order valence-electron chi connectivity index (χ1n) is 8.98. The van der Waals surface area contributed by atoms with Crippen LogP contribution in [-0.2, 0) is 9.59 Å². The van der Waals surface area contributed by atoms with Gasteiger partial charge in [-0.3, -0.25) is 9.59 Å². The molecule has 5 nitrogen and oxygen atoms in total. The fraction of sp³-hybridized carbons (Fsp3) is 0.579. The Kier molecular flexibility index (Phi) is 5.35. The normalized spacial score (nSPS) is 28.2. The molecule has 0 aromatic heterocycles. The van der Waals surface area contributed by atoms with Crippen LogP contribution in [-0.4, -0.2) is 54.3 Å². The van der Waals surface area contributed by atoms with E-state index in [1.54, 1.807) is 4.90 Å². The minimum Gasteiger partial charge on any atom is -0.333 e. The summed E-state index contributed by atoms with van der Waals surface area (Å²) >= 11 is 0. The smallest absolute Gasteiger partial charge is 0.242 e. The Morgan fingerprint density at radius 3 is 2.80 bits per heavy atom. The van der Waals surface area contributed by atoms with Crippen LogP contribution in [0, 0.1) is 18.8 Å². The molecule has 1 aromatic carbocycles. The van der Waals surface area contributed by atoms with Crippen molar-refractivity contribution >= 4 is 24.2 Å². The van der Waals surface area contributed by atoms with E-state index in [2.05, 4.69) is 30.4 Å². The lowest BCUT2D eigenvalue weighted by molar-refractivity contribution is -0.139. The van der Waals surface area contributed by atoms with Gasteiger partial charge in [0.2, 0.25) is 11.8 Å². The molecule has 1 aromatic rings. The molecular formula is C19H26ClN3O2. The number of fused-ring (bicyclic) bond motifs is 1. The molecule has 6 heteroatoms. The van der Waals surface area contributed by atoms with Crippen LogP contribution in [0.4, 0.5) is 0 Å². The molecule has 3 atom stereocenters. The van der Waals surface area contributed by atoms with Crippen LogP contribution in [0.5, 0.6) is 0 Å². The summed E-state index contributed by atoms with van der Waals surface area (Å²) in [7, 11) is 0. The van der Waals surface area contributed by atoms with Crippen LogP contribution in [0.3, 0.4) is 0 Å². The molecule has 136 valence electrons. The van der Waals surface area contributed by atoms with E-state index >= 15 is 0 Å². The van der Waals surface area contributed by atoms with Crippen molar-refractivity contribution in [2.45, 2.75) is 25.8 Å². The lowest BCUT2D eigenvalue weighted by Gasteiger charge is -2.31. The zero-order valence-corrected chi connectivity index (χ0v) is 15.4. The third kappa shape index (κ3) is 3.27. The van der Waals surface area contributed by atoms with Crippen molar-refractivity contribution in [1.82, 2.24) is 15.1 Å². The molecule has 3 aliphatic rings. The molecule has 0 bridgehead atoms. The van der Waals surface area contributed by atoms with Crippen molar-refractivity contribution in [2.24, 2.45) is 11.8 Å². The quantitative estimate of drug-likeness (QED) is 0.890. The first kappa shape index (κ1) is 18.2. The monoisotopic (exact) mass is 363 g/mol. The molecule has 25 heavy (non-hydrogen) atoms. The van der Waals surface area contributed by atoms with Crippen molar-refractivity contribution in [2.75, 3.05) is 32.7 Å². The van der Waals surface area contributed by atoms with Gasteiger partial charge in [0, 0.05) is 38.5 Å². The standard InChI is InChI=1S/C19H25N3O2.ClH/c1-13-5-2-3-6-15(13)19-16-10-20-9-14(16)11-22(19)18(24)12-21-8-4-7-17(21)23;/h2-3,5-6,14,16,19-20H,4,7-12H2,1H3;1H/t14-,16-,19+;/m0./s1. The Labute approximate surface area is 155 Å². The van der Waals surface area contributed by atoms with Gasteiger partial charge in [0.15, 0.2) is 0 Å². The molecule has 0 spiro atoms. The number of nitrogens with zero attached hydrogens (tertiary/aromatic N) is 2. The second kappa shape index (κ2) is 7.34. The number of amides is 2. The maximum Gasteiger partial charge on any atom is 0.242 e. The number of hydrogen-bond donors (Lipinski definition) is 1. The first-order chi connectivity index (χ1) is 11.6. The number of carbonyl (C=O) groups excluding carboxylic acids is 2. The van der Waals surface area contributed by atoms with E-state index in [0.29, 0.717) is 18.3 Å². The van der Waals surface area contributed by atoms with Gasteiger partial charge < -0.3 is 15.1 Å². The summed E-state index contributed by atoms with van der Waals surface area (Å²) in [6.07, 6.45) is 1.46. The third-order valence-electron chi connectivity index (χ3n) is 5.89. The van der Waals surface area contributed by atoms with Crippen molar-refractivity contribution in [3.05, 3.63) is 35.4 Å². The number of nitrogens with one attached hydrogen (secondary N) is 1. The second-order valence-electron chi connectivity index (χ2n) is 7.35. The topological polar surface area (TPSA) is 52.7 Å². The molecule has 4 rings (SSSR count). The van der Waals surface area contributed by atoms with Crippen molar-refractivity contribution < 1.29 is 9.59 Å². The van der Waals surface area contributed by atoms with E-state index < -0.39 is 0 Å². The minimum atomic E-state index is 0. The predicted octanol–water partition coefficient (Wildman–Crippen LogP) is 1.76. The Hall–Kier alpha value is -1.59. The molecule has 0 aliphatic carbocycles. The lowest BCUT2D eigenvalue weighted by Crippen LogP contribution is -2.42. The van der Waals surface area contributed by atoms with E-state index in [1.807, 2.05) is 11.0 Å². The van der Waals surface area contributed by atoms with Crippen LogP contribution < -0.4 is 5.32 Å². The zero-order chi connectivity index (χ0) is 16.7. The highest BCUT2D eigenvalue weighted by Gasteiger charge is 2.47. The summed E-state index contributed by atoms with van der Waals surface area (Å²) < 4.78 is 0. The Balaban J connectivity index is 0.00000182. The summed E-state index contributed by atoms with van der Waals surface area (Å²) in [6.45, 7) is 5.85. The van der Waals surface area contributed by atoms with Crippen LogP contribution in [0.25, 0.3) is 0 Å². The van der Waals surface area contributed by atoms with E-state index in [0.717, 1.165) is 32.6 Å². The van der Waals surface area contributed by atoms with Crippen LogP contribution in [0.1, 0.15) is 30.0 Å². The van der Waals surface area contributed by atoms with Gasteiger partial charge in [0.1, 0.15) is 0 Å². The highest BCUT2D eigenvalue weighted by molar-refractivity contribution is 5.86. The Morgan fingerprint density at radius 2 is 2.08 bits per heavy atom. The Morgan fingerprint density at radius 1 is 1.28 bits per heavy atom. The SMILES string of the molecule is Cc1ccccc1[C@@H]1[C@H]2CNC[C@H]2CN1C(=O)CN1CCCC1=O.Cl. The molecule has 0 radical (unpaired) electrons. The predicted molar refractivity (Wildman–Crippen MR) is 98.5 cm³/mol. The number of likely N-dealkylation sites (tertiary alicyclic amines) is 2. The maximum atomic E-state index is 13.0. The van der Waals surface area contributed by atoms with Gasteiger partial charge in [-0.15, -0.1) is 12.4 Å². The number of hydrogen-bond acceptors (Lipinski definition) is 3. The number of carbonyl (C=O) groups is 2. The molecule has 3 fully saturated rings. The number of halogens is 1. The van der Waals surface area contributed by atoms with Gasteiger partial charge in [-0.25, -0.2) is 0 Å². The van der Waals surface area contributed by atoms with E-state index in [4.69, 9.17) is 0 Å². The number of rotatable bonds is 3. The summed E-state index contributed by atoms with van der Waals surface area (Å²) in [5.74, 6) is 1.22. The van der Waals surface area contributed by atoms with E-state index in [-0.39, 0.29) is 36.8 Å². The summed E-state index contributed by atoms with van der Waals surface area (Å²) in [5.41, 5.74) is 2.50. The fourth-order valence-electron chi connectivity index (χ4n) is 4.62. The molecule has 3 heterocycles. The lowest BCUT2D eigenvalue weighted by atomic mass is 9.87. The first-order valence-corrected chi connectivity index (χ1v) is 8.98. The van der Waals surface area contributed by atoms with E-state index in [9.17, 15) is 9.59 Å². The van der Waals surface area contributed by atoms with Gasteiger partial charge in [-0.2, -0.15) is 0 Å². The molecule has 0 saturated carbocycles. The molecule has 2 amide bonds. The van der Waals surface area contributed by atoms with Gasteiger partial charge in [0.05, 0.1) is 12.6 Å². The van der Waals surface area contributed by atoms with Crippen molar-refractivity contribution in [3.63, 3.8) is 0 Å². The minimum absolute atomic E-state index is 0. The molecular weight excluding hydrogens is 338 g/mol. The summed E-state index contributed by atoms with van der Waals surface area (Å²) in [5, 5.41) is 3.48. The van der Waals surface area contributed by atoms with E-state index in [1.165, 1.54) is 11.1 Å². The average molecular weight is 364 g/mol. The highest BCUT2D eigenvalue weighted by atomic mass is 35.5. The van der Waals surface area contributed by atoms with Gasteiger partial charge in [-0.1, -0.05) is 24.3 Å². The van der Waals surface area contributed by atoms with Crippen molar-refractivity contribution in [1.29, 1.82) is 0 Å². The average Bonchev–Trinajstić information content (AvgIpc) is 3.25. The third-order valence-corrected chi connectivity index (χ3v) is 5.89. The van der Waals surface area contributed by atoms with Gasteiger partial charge in [-0.05, 0) is 30.4 Å². The second-order valence-corrected chi connectivity index (χ2v) is 7.35. The Bertz CT molecular complexity index is 666. The molecule has 0 unspecified atom stereocenters. The largest absolute Gasteiger partial charge is 0.333 e. The fourth-order valence-corrected chi connectivity index (χ4v) is 4.62. The summed E-state index contributed by atoms with van der Waals surface area (Å²) in [6, 6.07) is 8.52. The summed E-state index contributed by atoms with van der Waals surface area (Å²) in [4.78, 5) is 28.6. The molecule has 3 saturated heterocycles. The maximum absolute atomic E-state index is 13.0. The van der Waals surface area contributed by atoms with Gasteiger partial charge >= 0.3 is 0 Å². The van der Waals surface area contributed by atoms with Crippen molar-refractivity contribution in [3.8, 4) is 0 Å². The highest BCUT2D eigenvalue weighted by Crippen LogP contribution is 2.43. The van der Waals surface area contributed by atoms with Crippen LogP contribution in [0.2, 0.25) is 0 Å². The number of aryl methyl sites for hydroxylation is 1. The molecule has 3 aliphatic heterocycles. The number of benzene rings is 1. The zero-order valence-electron chi connectivity index (χ0n) is 14.6. The molecule has 1 N–H and O–H groups in total. The van der Waals surface area contributed by atoms with Crippen LogP contribution in [0.15, 0.2) is 24.3 Å².